The molecule has 5 nitrogen and oxygen atoms in total. The highest BCUT2D eigenvalue weighted by Gasteiger charge is 2.00. The van der Waals surface area contributed by atoms with Gasteiger partial charge >= 0.3 is 0 Å². The van der Waals surface area contributed by atoms with Crippen LogP contribution >= 0.6 is 0 Å². The van der Waals surface area contributed by atoms with E-state index in [0.29, 0.717) is 6.42 Å². The SMILES string of the molecule is C=C(O)CC.O=S(=O)(O)CCCO. The Hall–Kier alpha value is -0.590. The van der Waals surface area contributed by atoms with Gasteiger partial charge in [0.1, 0.15) is 0 Å². The molecular weight excluding hydrogens is 196 g/mol. The van der Waals surface area contributed by atoms with Crippen LogP contribution in [0.25, 0.3) is 0 Å². The molecule has 0 unspecified atom stereocenters. The molecule has 0 aliphatic rings. The first kappa shape index (κ1) is 14.9. The summed E-state index contributed by atoms with van der Waals surface area (Å²) < 4.78 is 27.7. The van der Waals surface area contributed by atoms with Gasteiger partial charge in [-0.2, -0.15) is 8.42 Å². The van der Waals surface area contributed by atoms with Gasteiger partial charge in [0.05, 0.1) is 11.5 Å². The summed E-state index contributed by atoms with van der Waals surface area (Å²) in [5.74, 6) is -0.103. The van der Waals surface area contributed by atoms with Crippen LogP contribution in [-0.4, -0.2) is 35.5 Å². The Bertz CT molecular complexity index is 219. The number of allylic oxidation sites excluding steroid dienone is 1. The molecule has 0 aromatic rings. The molecule has 0 radical (unpaired) electrons. The predicted octanol–water partition coefficient (Wildman–Crippen LogP) is 0.725. The third-order valence-electron chi connectivity index (χ3n) is 0.969. The monoisotopic (exact) mass is 212 g/mol. The lowest BCUT2D eigenvalue weighted by atomic mass is 10.4. The van der Waals surface area contributed by atoms with E-state index < -0.39 is 10.1 Å². The molecule has 0 aromatic heterocycles. The van der Waals surface area contributed by atoms with E-state index in [9.17, 15) is 8.42 Å². The van der Waals surface area contributed by atoms with Gasteiger partial charge in [-0.1, -0.05) is 13.5 Å². The van der Waals surface area contributed by atoms with E-state index in [4.69, 9.17) is 14.8 Å². The van der Waals surface area contributed by atoms with Crippen LogP contribution in [0.15, 0.2) is 12.3 Å². The average molecular weight is 212 g/mol. The fourth-order valence-electron chi connectivity index (χ4n) is 0.247. The van der Waals surface area contributed by atoms with E-state index in [1.165, 1.54) is 0 Å². The molecular formula is C7H16O5S. The number of hydrogen-bond acceptors (Lipinski definition) is 4. The summed E-state index contributed by atoms with van der Waals surface area (Å²) in [5.41, 5.74) is 0. The normalized spacial score (nSPS) is 10.1. The van der Waals surface area contributed by atoms with Gasteiger partial charge in [0.15, 0.2) is 0 Å². The van der Waals surface area contributed by atoms with Gasteiger partial charge < -0.3 is 10.2 Å². The van der Waals surface area contributed by atoms with E-state index in [-0.39, 0.29) is 24.5 Å². The Morgan fingerprint density at radius 3 is 1.92 bits per heavy atom. The number of aliphatic hydroxyl groups excluding tert-OH is 2. The van der Waals surface area contributed by atoms with E-state index in [1.54, 1.807) is 0 Å². The van der Waals surface area contributed by atoms with Crippen LogP contribution in [0.5, 0.6) is 0 Å². The van der Waals surface area contributed by atoms with Gasteiger partial charge in [-0.05, 0) is 6.42 Å². The molecule has 0 aliphatic carbocycles. The third-order valence-corrected chi connectivity index (χ3v) is 1.77. The molecule has 0 atom stereocenters. The van der Waals surface area contributed by atoms with Crippen molar-refractivity contribution in [1.82, 2.24) is 0 Å². The van der Waals surface area contributed by atoms with Gasteiger partial charge in [-0.25, -0.2) is 0 Å². The summed E-state index contributed by atoms with van der Waals surface area (Å²) in [6.07, 6.45) is 0.763. The third kappa shape index (κ3) is 24.6. The minimum Gasteiger partial charge on any atom is -0.513 e. The maximum Gasteiger partial charge on any atom is 0.264 e. The highest BCUT2D eigenvalue weighted by atomic mass is 32.2. The second-order valence-corrected chi connectivity index (χ2v) is 3.86. The van der Waals surface area contributed by atoms with E-state index >= 15 is 0 Å². The maximum atomic E-state index is 9.83. The highest BCUT2D eigenvalue weighted by molar-refractivity contribution is 7.85. The molecule has 0 bridgehead atoms. The molecule has 3 N–H and O–H groups in total. The Morgan fingerprint density at radius 2 is 1.85 bits per heavy atom. The van der Waals surface area contributed by atoms with Gasteiger partial charge in [-0.3, -0.25) is 4.55 Å². The highest BCUT2D eigenvalue weighted by Crippen LogP contribution is 1.85. The molecule has 80 valence electrons. The molecule has 0 saturated heterocycles. The number of rotatable bonds is 4. The van der Waals surface area contributed by atoms with Gasteiger partial charge in [0.2, 0.25) is 0 Å². The minimum absolute atomic E-state index is 0.0961. The van der Waals surface area contributed by atoms with E-state index in [2.05, 4.69) is 6.58 Å². The Morgan fingerprint density at radius 1 is 1.46 bits per heavy atom. The van der Waals surface area contributed by atoms with Crippen LogP contribution in [0, 0.1) is 0 Å². The van der Waals surface area contributed by atoms with Crippen molar-refractivity contribution in [3.63, 3.8) is 0 Å². The summed E-state index contributed by atoms with van der Waals surface area (Å²) in [6.45, 7) is 4.87. The Kier molecular flexibility index (Phi) is 9.21. The van der Waals surface area contributed by atoms with Crippen molar-refractivity contribution in [2.45, 2.75) is 19.8 Å². The van der Waals surface area contributed by atoms with Gasteiger partial charge in [0, 0.05) is 13.0 Å². The second-order valence-electron chi connectivity index (χ2n) is 2.28. The smallest absolute Gasteiger partial charge is 0.264 e. The maximum absolute atomic E-state index is 9.83. The summed E-state index contributed by atoms with van der Waals surface area (Å²) in [7, 11) is -3.85. The Balaban J connectivity index is 0. The lowest BCUT2D eigenvalue weighted by molar-refractivity contribution is 0.294. The zero-order valence-electron chi connectivity index (χ0n) is 7.60. The van der Waals surface area contributed by atoms with Crippen LogP contribution < -0.4 is 0 Å². The molecule has 0 aliphatic heterocycles. The van der Waals surface area contributed by atoms with Gasteiger partial charge in [0.25, 0.3) is 10.1 Å². The largest absolute Gasteiger partial charge is 0.513 e. The summed E-state index contributed by atoms with van der Waals surface area (Å²) in [5, 5.41) is 16.2. The zero-order valence-corrected chi connectivity index (χ0v) is 8.42. The van der Waals surface area contributed by atoms with Crippen molar-refractivity contribution in [2.75, 3.05) is 12.4 Å². The summed E-state index contributed by atoms with van der Waals surface area (Å²) in [6, 6.07) is 0. The first-order chi connectivity index (χ1) is 5.83. The van der Waals surface area contributed by atoms with Gasteiger partial charge in [-0.15, -0.1) is 0 Å². The number of aliphatic hydroxyl groups is 2. The molecule has 0 saturated carbocycles. The molecule has 0 fully saturated rings. The van der Waals surface area contributed by atoms with Crippen molar-refractivity contribution >= 4 is 10.1 Å². The van der Waals surface area contributed by atoms with E-state index in [0.717, 1.165) is 0 Å². The van der Waals surface area contributed by atoms with Crippen molar-refractivity contribution in [1.29, 1.82) is 0 Å². The fraction of sp³-hybridized carbons (Fsp3) is 0.714. The first-order valence-corrected chi connectivity index (χ1v) is 5.37. The molecule has 0 amide bonds. The Labute approximate surface area is 78.5 Å². The topological polar surface area (TPSA) is 94.8 Å². The predicted molar refractivity (Wildman–Crippen MR) is 50.2 cm³/mol. The standard InChI is InChI=1S/C4H8O.C3H8O4S/c1-3-4(2)5;4-2-1-3-8(5,6)7/h5H,2-3H2,1H3;4H,1-3H2,(H,5,6,7). The van der Waals surface area contributed by atoms with Crippen LogP contribution in [0.3, 0.4) is 0 Å². The lowest BCUT2D eigenvalue weighted by Crippen LogP contribution is -2.04. The number of hydrogen-bond donors (Lipinski definition) is 3. The van der Waals surface area contributed by atoms with Crippen molar-refractivity contribution < 1.29 is 23.2 Å². The summed E-state index contributed by atoms with van der Waals surface area (Å²) >= 11 is 0. The average Bonchev–Trinajstić information content (AvgIpc) is 2.00. The van der Waals surface area contributed by atoms with Crippen LogP contribution in [0.4, 0.5) is 0 Å². The fourth-order valence-corrected chi connectivity index (χ4v) is 0.741. The zero-order chi connectivity index (χ0) is 10.9. The summed E-state index contributed by atoms with van der Waals surface area (Å²) in [4.78, 5) is 0. The lowest BCUT2D eigenvalue weighted by Gasteiger charge is -1.89. The minimum atomic E-state index is -3.85. The van der Waals surface area contributed by atoms with E-state index in [1.807, 2.05) is 6.92 Å². The molecule has 0 aromatic carbocycles. The molecule has 6 heteroatoms. The second kappa shape index (κ2) is 8.03. The van der Waals surface area contributed by atoms with Crippen LogP contribution in [0.1, 0.15) is 19.8 Å². The molecule has 13 heavy (non-hydrogen) atoms. The van der Waals surface area contributed by atoms with Crippen molar-refractivity contribution in [3.05, 3.63) is 12.3 Å². The molecule has 0 rings (SSSR count). The molecule has 0 spiro atoms. The first-order valence-electron chi connectivity index (χ1n) is 3.76. The molecule has 0 heterocycles. The van der Waals surface area contributed by atoms with Crippen molar-refractivity contribution in [3.8, 4) is 0 Å². The van der Waals surface area contributed by atoms with Crippen molar-refractivity contribution in [2.24, 2.45) is 0 Å². The van der Waals surface area contributed by atoms with Crippen LogP contribution in [-0.2, 0) is 10.1 Å². The quantitative estimate of drug-likeness (QED) is 0.471. The van der Waals surface area contributed by atoms with Crippen LogP contribution in [0.2, 0.25) is 0 Å².